The summed E-state index contributed by atoms with van der Waals surface area (Å²) in [6, 6.07) is 16.7. The van der Waals surface area contributed by atoms with Crippen molar-refractivity contribution in [2.24, 2.45) is 11.8 Å². The molecule has 0 bridgehead atoms. The number of esters is 1. The summed E-state index contributed by atoms with van der Waals surface area (Å²) in [5.74, 6) is 0.821. The second-order valence-electron chi connectivity index (χ2n) is 8.33. The van der Waals surface area contributed by atoms with E-state index >= 15 is 0 Å². The first-order valence-corrected chi connectivity index (χ1v) is 10.6. The van der Waals surface area contributed by atoms with Crippen LogP contribution in [0.4, 0.5) is 0 Å². The maximum Gasteiger partial charge on any atom is 0.375 e. The SMILES string of the molecule is C[C@H]1C[C@H](C)CN(C(=O)COC(=O)c2oc3ccccc3c2COc2ccccc2)C1. The predicted octanol–water partition coefficient (Wildman–Crippen LogP) is 4.67. The molecule has 1 amide bonds. The first-order chi connectivity index (χ1) is 15.0. The summed E-state index contributed by atoms with van der Waals surface area (Å²) >= 11 is 0. The quantitative estimate of drug-likeness (QED) is 0.541. The Hall–Kier alpha value is -3.28. The second-order valence-corrected chi connectivity index (χ2v) is 8.33. The highest BCUT2D eigenvalue weighted by molar-refractivity contribution is 5.96. The van der Waals surface area contributed by atoms with Gasteiger partial charge in [0.25, 0.3) is 5.91 Å². The van der Waals surface area contributed by atoms with Gasteiger partial charge >= 0.3 is 5.97 Å². The third-order valence-corrected chi connectivity index (χ3v) is 5.56. The van der Waals surface area contributed by atoms with E-state index < -0.39 is 5.97 Å². The summed E-state index contributed by atoms with van der Waals surface area (Å²) in [4.78, 5) is 27.2. The summed E-state index contributed by atoms with van der Waals surface area (Å²) in [6.45, 7) is 5.52. The highest BCUT2D eigenvalue weighted by Gasteiger charge is 2.27. The molecule has 162 valence electrons. The largest absolute Gasteiger partial charge is 0.489 e. The van der Waals surface area contributed by atoms with Crippen LogP contribution in [-0.4, -0.2) is 36.5 Å². The van der Waals surface area contributed by atoms with Gasteiger partial charge in [0.2, 0.25) is 5.76 Å². The number of carbonyl (C=O) groups is 2. The molecule has 2 heterocycles. The molecule has 0 saturated carbocycles. The van der Waals surface area contributed by atoms with Crippen LogP contribution in [0.5, 0.6) is 5.75 Å². The van der Waals surface area contributed by atoms with Gasteiger partial charge in [0, 0.05) is 18.5 Å². The molecule has 0 spiro atoms. The van der Waals surface area contributed by atoms with Crippen molar-refractivity contribution < 1.29 is 23.5 Å². The Bertz CT molecular complexity index is 1050. The van der Waals surface area contributed by atoms with Crippen LogP contribution >= 0.6 is 0 Å². The van der Waals surface area contributed by atoms with Gasteiger partial charge in [0.15, 0.2) is 6.61 Å². The molecule has 1 fully saturated rings. The van der Waals surface area contributed by atoms with Gasteiger partial charge in [0.1, 0.15) is 17.9 Å². The molecule has 6 heteroatoms. The Kier molecular flexibility index (Phi) is 6.26. The number of hydrogen-bond donors (Lipinski definition) is 0. The highest BCUT2D eigenvalue weighted by atomic mass is 16.5. The van der Waals surface area contributed by atoms with Crippen molar-refractivity contribution in [2.75, 3.05) is 19.7 Å². The van der Waals surface area contributed by atoms with E-state index in [0.29, 0.717) is 41.8 Å². The number of nitrogens with zero attached hydrogens (tertiary/aromatic N) is 1. The molecule has 1 aliphatic rings. The number of piperidine rings is 1. The van der Waals surface area contributed by atoms with Crippen molar-refractivity contribution in [3.8, 4) is 5.75 Å². The van der Waals surface area contributed by atoms with Gasteiger partial charge in [-0.3, -0.25) is 4.79 Å². The maximum absolute atomic E-state index is 12.8. The average Bonchev–Trinajstić information content (AvgIpc) is 3.14. The van der Waals surface area contributed by atoms with Gasteiger partial charge in [-0.1, -0.05) is 50.2 Å². The third-order valence-electron chi connectivity index (χ3n) is 5.56. The van der Waals surface area contributed by atoms with Crippen LogP contribution in [0.3, 0.4) is 0 Å². The Balaban J connectivity index is 1.47. The number of fused-ring (bicyclic) bond motifs is 1. The van der Waals surface area contributed by atoms with Crippen LogP contribution in [0.1, 0.15) is 36.4 Å². The standard InChI is InChI=1S/C25H27NO5/c1-17-12-18(2)14-26(13-17)23(27)16-30-25(28)24-21(15-29-19-8-4-3-5-9-19)20-10-6-7-11-22(20)31-24/h3-11,17-18H,12-16H2,1-2H3/t17-,18-/m0/s1. The van der Waals surface area contributed by atoms with Gasteiger partial charge in [-0.25, -0.2) is 4.79 Å². The van der Waals surface area contributed by atoms with E-state index in [1.54, 1.807) is 11.0 Å². The van der Waals surface area contributed by atoms with E-state index in [1.165, 1.54) is 0 Å². The third kappa shape index (κ3) is 4.90. The zero-order valence-electron chi connectivity index (χ0n) is 17.9. The molecule has 1 saturated heterocycles. The molecule has 31 heavy (non-hydrogen) atoms. The normalized spacial score (nSPS) is 18.7. The lowest BCUT2D eigenvalue weighted by Crippen LogP contribution is -2.44. The van der Waals surface area contributed by atoms with E-state index in [1.807, 2.05) is 48.5 Å². The number of ether oxygens (including phenoxy) is 2. The highest BCUT2D eigenvalue weighted by Crippen LogP contribution is 2.28. The number of benzene rings is 2. The number of likely N-dealkylation sites (tertiary alicyclic amines) is 1. The molecule has 6 nitrogen and oxygen atoms in total. The molecule has 3 aromatic rings. The summed E-state index contributed by atoms with van der Waals surface area (Å²) in [5.41, 5.74) is 1.18. The number of furan rings is 1. The fourth-order valence-electron chi connectivity index (χ4n) is 4.23. The van der Waals surface area contributed by atoms with Crippen LogP contribution in [0, 0.1) is 11.8 Å². The zero-order chi connectivity index (χ0) is 21.8. The van der Waals surface area contributed by atoms with Crippen LogP contribution in [0.2, 0.25) is 0 Å². The van der Waals surface area contributed by atoms with E-state index in [9.17, 15) is 9.59 Å². The van der Waals surface area contributed by atoms with Gasteiger partial charge < -0.3 is 18.8 Å². The van der Waals surface area contributed by atoms with Gasteiger partial charge in [0.05, 0.1) is 5.56 Å². The van der Waals surface area contributed by atoms with E-state index in [2.05, 4.69) is 13.8 Å². The lowest BCUT2D eigenvalue weighted by atomic mass is 9.92. The summed E-state index contributed by atoms with van der Waals surface area (Å²) < 4.78 is 17.0. The Morgan fingerprint density at radius 2 is 1.68 bits per heavy atom. The molecule has 2 atom stereocenters. The van der Waals surface area contributed by atoms with Crippen molar-refractivity contribution in [3.05, 3.63) is 65.9 Å². The minimum absolute atomic E-state index is 0.0744. The number of rotatable bonds is 6. The topological polar surface area (TPSA) is 69.0 Å². The van der Waals surface area contributed by atoms with E-state index in [0.717, 1.165) is 11.8 Å². The lowest BCUT2D eigenvalue weighted by molar-refractivity contribution is -0.137. The zero-order valence-corrected chi connectivity index (χ0v) is 17.9. The molecule has 0 radical (unpaired) electrons. The van der Waals surface area contributed by atoms with Gasteiger partial charge in [-0.05, 0) is 36.5 Å². The molecule has 0 unspecified atom stereocenters. The molecular weight excluding hydrogens is 394 g/mol. The molecule has 0 N–H and O–H groups in total. The van der Waals surface area contributed by atoms with Crippen LogP contribution in [0.25, 0.3) is 11.0 Å². The Labute approximate surface area is 181 Å². The number of amides is 1. The van der Waals surface area contributed by atoms with Gasteiger partial charge in [-0.15, -0.1) is 0 Å². The number of carbonyl (C=O) groups excluding carboxylic acids is 2. The van der Waals surface area contributed by atoms with Crippen molar-refractivity contribution in [3.63, 3.8) is 0 Å². The average molecular weight is 421 g/mol. The first-order valence-electron chi connectivity index (χ1n) is 10.6. The van der Waals surface area contributed by atoms with Gasteiger partial charge in [-0.2, -0.15) is 0 Å². The van der Waals surface area contributed by atoms with Crippen molar-refractivity contribution >= 4 is 22.8 Å². The summed E-state index contributed by atoms with van der Waals surface area (Å²) in [6.07, 6.45) is 1.10. The molecule has 1 aliphatic heterocycles. The second kappa shape index (κ2) is 9.25. The monoisotopic (exact) mass is 421 g/mol. The summed E-state index contributed by atoms with van der Waals surface area (Å²) in [5, 5.41) is 0.787. The van der Waals surface area contributed by atoms with Crippen LogP contribution in [-0.2, 0) is 16.1 Å². The maximum atomic E-state index is 12.8. The molecule has 1 aromatic heterocycles. The van der Waals surface area contributed by atoms with Crippen molar-refractivity contribution in [1.82, 2.24) is 4.90 Å². The van der Waals surface area contributed by atoms with Crippen LogP contribution in [0.15, 0.2) is 59.0 Å². The lowest BCUT2D eigenvalue weighted by Gasteiger charge is -2.34. The van der Waals surface area contributed by atoms with Crippen molar-refractivity contribution in [1.29, 1.82) is 0 Å². The van der Waals surface area contributed by atoms with E-state index in [4.69, 9.17) is 13.9 Å². The van der Waals surface area contributed by atoms with E-state index in [-0.39, 0.29) is 24.9 Å². The minimum Gasteiger partial charge on any atom is -0.489 e. The molecule has 4 rings (SSSR count). The Morgan fingerprint density at radius 1 is 1.00 bits per heavy atom. The van der Waals surface area contributed by atoms with Crippen LogP contribution < -0.4 is 4.74 Å². The fraction of sp³-hybridized carbons (Fsp3) is 0.360. The summed E-state index contributed by atoms with van der Waals surface area (Å²) in [7, 11) is 0. The molecule has 2 aromatic carbocycles. The Morgan fingerprint density at radius 3 is 2.42 bits per heavy atom. The smallest absolute Gasteiger partial charge is 0.375 e. The first kappa shape index (κ1) is 21.0. The molecule has 0 aliphatic carbocycles. The van der Waals surface area contributed by atoms with Crippen molar-refractivity contribution in [2.45, 2.75) is 26.9 Å². The molecular formula is C25H27NO5. The number of hydrogen-bond acceptors (Lipinski definition) is 5. The minimum atomic E-state index is -0.658. The number of para-hydroxylation sites is 2. The predicted molar refractivity (Wildman–Crippen MR) is 117 cm³/mol. The fourth-order valence-corrected chi connectivity index (χ4v) is 4.23.